The summed E-state index contributed by atoms with van der Waals surface area (Å²) >= 11 is 0. The first-order valence-corrected chi connectivity index (χ1v) is 10.2. The molecule has 3 heterocycles. The van der Waals surface area contributed by atoms with Crippen molar-refractivity contribution in [3.63, 3.8) is 0 Å². The van der Waals surface area contributed by atoms with Crippen LogP contribution < -0.4 is 11.1 Å². The van der Waals surface area contributed by atoms with Gasteiger partial charge in [0.15, 0.2) is 11.4 Å². The Morgan fingerprint density at radius 2 is 1.89 bits per heavy atom. The zero-order valence-corrected chi connectivity index (χ0v) is 18.7. The van der Waals surface area contributed by atoms with Crippen molar-refractivity contribution in [3.05, 3.63) is 70.8 Å². The number of alkyl halides is 3. The summed E-state index contributed by atoms with van der Waals surface area (Å²) in [4.78, 5) is 44.3. The summed E-state index contributed by atoms with van der Waals surface area (Å²) in [6, 6.07) is 7.39. The number of carbonyl (C=O) groups excluding carboxylic acids is 3. The first-order chi connectivity index (χ1) is 17.0. The molecule has 0 unspecified atom stereocenters. The van der Waals surface area contributed by atoms with E-state index < -0.39 is 35.3 Å². The summed E-state index contributed by atoms with van der Waals surface area (Å²) in [6.45, 7) is 0.938. The minimum Gasteiger partial charge on any atom is -0.464 e. The number of benzene rings is 1. The molecule has 0 atom stereocenters. The Bertz CT molecular complexity index is 1510. The van der Waals surface area contributed by atoms with Crippen LogP contribution in [0.15, 0.2) is 41.0 Å². The third-order valence-electron chi connectivity index (χ3n) is 5.16. The van der Waals surface area contributed by atoms with Gasteiger partial charge in [0.05, 0.1) is 29.6 Å². The summed E-state index contributed by atoms with van der Waals surface area (Å²) in [7, 11) is 1.14. The molecule has 0 aliphatic carbocycles. The number of pyridine rings is 1. The topological polar surface area (TPSA) is 155 Å². The lowest BCUT2D eigenvalue weighted by molar-refractivity contribution is -0.140. The number of halogens is 3. The Labute approximate surface area is 200 Å². The van der Waals surface area contributed by atoms with Crippen LogP contribution >= 0.6 is 0 Å². The predicted molar refractivity (Wildman–Crippen MR) is 117 cm³/mol. The molecule has 4 aromatic rings. The second-order valence-electron chi connectivity index (χ2n) is 7.47. The quantitative estimate of drug-likeness (QED) is 0.381. The maximum atomic E-state index is 13.8. The van der Waals surface area contributed by atoms with Gasteiger partial charge in [-0.3, -0.25) is 14.3 Å². The van der Waals surface area contributed by atoms with Crippen molar-refractivity contribution in [1.82, 2.24) is 19.7 Å². The monoisotopic (exact) mass is 502 g/mol. The average Bonchev–Trinajstić information content (AvgIpc) is 3.43. The number of para-hydroxylation sites is 1. The van der Waals surface area contributed by atoms with Gasteiger partial charge in [0.25, 0.3) is 11.8 Å². The SMILES string of the molecule is COC(=O)c1coc(Cn2nc(C(F)(F)F)c(NC(=O)c3cc(C(N)=O)nc4ccccc34)c2C)n1. The highest BCUT2D eigenvalue weighted by Gasteiger charge is 2.39. The van der Waals surface area contributed by atoms with Crippen molar-refractivity contribution in [2.24, 2.45) is 5.73 Å². The highest BCUT2D eigenvalue weighted by Crippen LogP contribution is 2.36. The zero-order chi connectivity index (χ0) is 26.2. The number of amides is 2. The van der Waals surface area contributed by atoms with Gasteiger partial charge in [-0.1, -0.05) is 18.2 Å². The van der Waals surface area contributed by atoms with Crippen LogP contribution in [-0.4, -0.2) is 44.6 Å². The van der Waals surface area contributed by atoms with Crippen molar-refractivity contribution in [1.29, 1.82) is 0 Å². The van der Waals surface area contributed by atoms with Gasteiger partial charge in [-0.15, -0.1) is 0 Å². The van der Waals surface area contributed by atoms with Crippen LogP contribution in [0.2, 0.25) is 0 Å². The number of fused-ring (bicyclic) bond motifs is 1. The number of aromatic nitrogens is 4. The van der Waals surface area contributed by atoms with Gasteiger partial charge in [-0.05, 0) is 19.1 Å². The lowest BCUT2D eigenvalue weighted by Crippen LogP contribution is -2.19. The molecule has 0 bridgehead atoms. The molecule has 3 aromatic heterocycles. The molecule has 0 aliphatic rings. The van der Waals surface area contributed by atoms with Crippen molar-refractivity contribution in [2.45, 2.75) is 19.6 Å². The Morgan fingerprint density at radius 1 is 1.17 bits per heavy atom. The fourth-order valence-corrected chi connectivity index (χ4v) is 3.43. The van der Waals surface area contributed by atoms with Crippen molar-refractivity contribution >= 4 is 34.4 Å². The first-order valence-electron chi connectivity index (χ1n) is 10.2. The number of hydrogen-bond acceptors (Lipinski definition) is 8. The zero-order valence-electron chi connectivity index (χ0n) is 18.7. The van der Waals surface area contributed by atoms with Gasteiger partial charge < -0.3 is 20.2 Å². The van der Waals surface area contributed by atoms with E-state index in [1.807, 2.05) is 0 Å². The molecule has 36 heavy (non-hydrogen) atoms. The number of nitrogens with two attached hydrogens (primary N) is 1. The largest absolute Gasteiger partial charge is 0.464 e. The summed E-state index contributed by atoms with van der Waals surface area (Å²) in [5, 5.41) is 6.13. The molecule has 3 N–H and O–H groups in total. The number of primary amides is 1. The van der Waals surface area contributed by atoms with Crippen molar-refractivity contribution < 1.29 is 36.7 Å². The Balaban J connectivity index is 1.73. The molecule has 2 amide bonds. The van der Waals surface area contributed by atoms with Gasteiger partial charge in [0.2, 0.25) is 5.89 Å². The Kier molecular flexibility index (Phi) is 6.18. The van der Waals surface area contributed by atoms with E-state index in [0.29, 0.717) is 5.39 Å². The summed E-state index contributed by atoms with van der Waals surface area (Å²) < 4.78 is 52.0. The van der Waals surface area contributed by atoms with Crippen LogP contribution in [0.25, 0.3) is 10.9 Å². The Hall–Kier alpha value is -4.75. The number of anilines is 1. The number of methoxy groups -OCH3 is 1. The fourth-order valence-electron chi connectivity index (χ4n) is 3.43. The second-order valence-corrected chi connectivity index (χ2v) is 7.47. The van der Waals surface area contributed by atoms with Crippen molar-refractivity contribution in [2.75, 3.05) is 12.4 Å². The third kappa shape index (κ3) is 4.60. The number of nitrogens with zero attached hydrogens (tertiary/aromatic N) is 4. The van der Waals surface area contributed by atoms with Gasteiger partial charge in [0, 0.05) is 5.39 Å². The molecule has 14 heteroatoms. The fraction of sp³-hybridized carbons (Fsp3) is 0.182. The molecular formula is C22H17F3N6O5. The first kappa shape index (κ1) is 24.4. The van der Waals surface area contributed by atoms with Gasteiger partial charge >= 0.3 is 12.1 Å². The minimum atomic E-state index is -4.93. The van der Waals surface area contributed by atoms with E-state index in [2.05, 4.69) is 25.1 Å². The van der Waals surface area contributed by atoms with Crippen LogP contribution in [0.4, 0.5) is 18.9 Å². The molecule has 0 aliphatic heterocycles. The van der Waals surface area contributed by atoms with Crippen LogP contribution in [-0.2, 0) is 17.5 Å². The smallest absolute Gasteiger partial charge is 0.437 e. The van der Waals surface area contributed by atoms with Crippen LogP contribution in [0.5, 0.6) is 0 Å². The predicted octanol–water partition coefficient (Wildman–Crippen LogP) is 2.93. The summed E-state index contributed by atoms with van der Waals surface area (Å²) in [5.41, 5.74) is 3.02. The summed E-state index contributed by atoms with van der Waals surface area (Å²) in [5.74, 6) is -2.75. The van der Waals surface area contributed by atoms with E-state index in [1.165, 1.54) is 19.1 Å². The Morgan fingerprint density at radius 3 is 2.56 bits per heavy atom. The number of oxazole rings is 1. The molecule has 0 radical (unpaired) electrons. The highest BCUT2D eigenvalue weighted by atomic mass is 19.4. The molecular weight excluding hydrogens is 485 g/mol. The average molecular weight is 502 g/mol. The van der Waals surface area contributed by atoms with E-state index in [4.69, 9.17) is 10.2 Å². The lowest BCUT2D eigenvalue weighted by atomic mass is 10.1. The van der Waals surface area contributed by atoms with E-state index in [-0.39, 0.29) is 40.6 Å². The van der Waals surface area contributed by atoms with Crippen molar-refractivity contribution in [3.8, 4) is 0 Å². The molecule has 1 aromatic carbocycles. The number of carbonyl (C=O) groups is 3. The number of nitrogens with one attached hydrogen (secondary N) is 1. The van der Waals surface area contributed by atoms with Crippen LogP contribution in [0.1, 0.15) is 48.6 Å². The van der Waals surface area contributed by atoms with E-state index in [0.717, 1.165) is 24.1 Å². The van der Waals surface area contributed by atoms with E-state index >= 15 is 0 Å². The third-order valence-corrected chi connectivity index (χ3v) is 5.16. The standard InChI is InChI=1S/C22H17F3N6O5/c1-10-17(29-20(33)12-7-14(19(26)32)27-13-6-4-3-5-11(12)13)18(22(23,24)25)30-31(10)8-16-28-15(9-36-16)21(34)35-2/h3-7,9H,8H2,1-2H3,(H2,26,32)(H,29,33). The summed E-state index contributed by atoms with van der Waals surface area (Å²) in [6.07, 6.45) is -3.93. The number of ether oxygens (including phenoxy) is 1. The van der Waals surface area contributed by atoms with E-state index in [1.54, 1.807) is 12.1 Å². The number of esters is 1. The molecule has 0 saturated heterocycles. The molecule has 186 valence electrons. The minimum absolute atomic E-state index is 0.0676. The molecule has 11 nitrogen and oxygen atoms in total. The van der Waals surface area contributed by atoms with Gasteiger partial charge in [-0.2, -0.15) is 18.3 Å². The molecule has 0 saturated carbocycles. The maximum Gasteiger partial charge on any atom is 0.437 e. The molecule has 0 spiro atoms. The number of hydrogen-bond donors (Lipinski definition) is 2. The lowest BCUT2D eigenvalue weighted by Gasteiger charge is -2.11. The molecule has 0 fully saturated rings. The molecule has 4 rings (SSSR count). The van der Waals surface area contributed by atoms with Crippen LogP contribution in [0.3, 0.4) is 0 Å². The highest BCUT2D eigenvalue weighted by molar-refractivity contribution is 6.14. The second kappa shape index (κ2) is 9.13. The number of rotatable bonds is 6. The van der Waals surface area contributed by atoms with Gasteiger partial charge in [0.1, 0.15) is 18.5 Å². The maximum absolute atomic E-state index is 13.8. The normalized spacial score (nSPS) is 11.5. The van der Waals surface area contributed by atoms with Crippen LogP contribution in [0, 0.1) is 6.92 Å². The van der Waals surface area contributed by atoms with Gasteiger partial charge in [-0.25, -0.2) is 14.8 Å². The van der Waals surface area contributed by atoms with E-state index in [9.17, 15) is 27.6 Å².